The van der Waals surface area contributed by atoms with Crippen LogP contribution in [0.25, 0.3) is 0 Å². The number of amides is 1. The summed E-state index contributed by atoms with van der Waals surface area (Å²) in [5, 5.41) is 9.29. The van der Waals surface area contributed by atoms with Crippen LogP contribution in [0.2, 0.25) is 0 Å². The molecule has 1 aliphatic rings. The molecule has 26 heavy (non-hydrogen) atoms. The number of benzene rings is 1. The van der Waals surface area contributed by atoms with Gasteiger partial charge < -0.3 is 14.9 Å². The van der Waals surface area contributed by atoms with Crippen molar-refractivity contribution in [2.45, 2.75) is 31.0 Å². The van der Waals surface area contributed by atoms with E-state index in [0.29, 0.717) is 5.69 Å². The first kappa shape index (κ1) is 20.3. The number of anilines is 1. The first-order valence-electron chi connectivity index (χ1n) is 7.98. The van der Waals surface area contributed by atoms with E-state index in [1.165, 1.54) is 11.0 Å². The van der Waals surface area contributed by atoms with E-state index in [-0.39, 0.29) is 31.6 Å². The van der Waals surface area contributed by atoms with Crippen LogP contribution in [0.5, 0.6) is 0 Å². The molecular formula is C16H21F3N2O4S. The van der Waals surface area contributed by atoms with Gasteiger partial charge in [0.1, 0.15) is 0 Å². The van der Waals surface area contributed by atoms with E-state index in [1.807, 2.05) is 13.8 Å². The van der Waals surface area contributed by atoms with E-state index in [9.17, 15) is 31.5 Å². The highest BCUT2D eigenvalue weighted by atomic mass is 32.2. The molecule has 1 fully saturated rings. The third-order valence-electron chi connectivity index (χ3n) is 4.47. The summed E-state index contributed by atoms with van der Waals surface area (Å²) >= 11 is 0. The van der Waals surface area contributed by atoms with Gasteiger partial charge in [0, 0.05) is 31.6 Å². The van der Waals surface area contributed by atoms with Crippen LogP contribution in [0.15, 0.2) is 23.1 Å². The molecule has 146 valence electrons. The molecule has 1 aromatic rings. The zero-order valence-electron chi connectivity index (χ0n) is 14.6. The average Bonchev–Trinajstić information content (AvgIpc) is 2.51. The first-order chi connectivity index (χ1) is 11.8. The monoisotopic (exact) mass is 394 g/mol. The van der Waals surface area contributed by atoms with E-state index >= 15 is 0 Å². The lowest BCUT2D eigenvalue weighted by atomic mass is 9.99. The van der Waals surface area contributed by atoms with Crippen molar-refractivity contribution in [3.05, 3.63) is 23.8 Å². The highest BCUT2D eigenvalue weighted by Gasteiger charge is 2.37. The molecule has 0 aliphatic carbocycles. The van der Waals surface area contributed by atoms with E-state index in [1.54, 1.807) is 4.90 Å². The summed E-state index contributed by atoms with van der Waals surface area (Å²) in [5.74, 6) is -0.00211. The maximum atomic E-state index is 13.1. The van der Waals surface area contributed by atoms with Crippen LogP contribution in [-0.4, -0.2) is 56.4 Å². The van der Waals surface area contributed by atoms with Crippen molar-refractivity contribution < 1.29 is 31.5 Å². The molecule has 1 N–H and O–H groups in total. The van der Waals surface area contributed by atoms with Gasteiger partial charge in [-0.1, -0.05) is 13.8 Å². The van der Waals surface area contributed by atoms with Crippen LogP contribution >= 0.6 is 0 Å². The van der Waals surface area contributed by atoms with Gasteiger partial charge in [-0.2, -0.15) is 13.2 Å². The lowest BCUT2D eigenvalue weighted by molar-refractivity contribution is -0.139. The number of sulfone groups is 1. The minimum atomic E-state index is -4.78. The molecule has 1 aliphatic heterocycles. The predicted molar refractivity (Wildman–Crippen MR) is 90.1 cm³/mol. The SMILES string of the molecule is CC(C)[C@@H]1CN(c2ccc(C(F)(F)F)c(S(C)(=O)=O)c2)CCN1C(=O)O. The van der Waals surface area contributed by atoms with Crippen LogP contribution < -0.4 is 4.90 Å². The Morgan fingerprint density at radius 1 is 1.27 bits per heavy atom. The van der Waals surface area contributed by atoms with E-state index in [2.05, 4.69) is 0 Å². The fraction of sp³-hybridized carbons (Fsp3) is 0.562. The van der Waals surface area contributed by atoms with Crippen molar-refractivity contribution >= 4 is 21.6 Å². The standard InChI is InChI=1S/C16H21F3N2O4S/c1-10(2)13-9-20(6-7-21(13)15(22)23)11-4-5-12(16(17,18)19)14(8-11)26(3,24)25/h4-5,8,10,13H,6-7,9H2,1-3H3,(H,22,23)/t13-/m0/s1. The quantitative estimate of drug-likeness (QED) is 0.853. The maximum Gasteiger partial charge on any atom is 0.417 e. The number of piperazine rings is 1. The zero-order valence-corrected chi connectivity index (χ0v) is 15.4. The maximum absolute atomic E-state index is 13.1. The van der Waals surface area contributed by atoms with Crippen LogP contribution in [0.4, 0.5) is 23.7 Å². The molecule has 1 aromatic carbocycles. The van der Waals surface area contributed by atoms with Crippen LogP contribution in [-0.2, 0) is 16.0 Å². The first-order valence-corrected chi connectivity index (χ1v) is 9.87. The molecule has 1 saturated heterocycles. The lowest BCUT2D eigenvalue weighted by Gasteiger charge is -2.43. The van der Waals surface area contributed by atoms with Gasteiger partial charge in [-0.3, -0.25) is 0 Å². The van der Waals surface area contributed by atoms with Crippen LogP contribution in [0.3, 0.4) is 0 Å². The smallest absolute Gasteiger partial charge is 0.417 e. The molecule has 1 amide bonds. The van der Waals surface area contributed by atoms with Crippen molar-refractivity contribution in [2.75, 3.05) is 30.8 Å². The summed E-state index contributed by atoms with van der Waals surface area (Å²) in [7, 11) is -4.08. The van der Waals surface area contributed by atoms with E-state index in [4.69, 9.17) is 0 Å². The number of halogens is 3. The Morgan fingerprint density at radius 3 is 2.35 bits per heavy atom. The summed E-state index contributed by atoms with van der Waals surface area (Å²) in [5.41, 5.74) is -0.873. The Kier molecular flexibility index (Phi) is 5.46. The molecule has 2 rings (SSSR count). The Hall–Kier alpha value is -1.97. The molecule has 10 heteroatoms. The van der Waals surface area contributed by atoms with Crippen LogP contribution in [0.1, 0.15) is 19.4 Å². The number of rotatable bonds is 3. The summed E-state index contributed by atoms with van der Waals surface area (Å²) in [6, 6.07) is 2.67. The summed E-state index contributed by atoms with van der Waals surface area (Å²) < 4.78 is 63.0. The molecular weight excluding hydrogens is 373 g/mol. The van der Waals surface area contributed by atoms with Gasteiger partial charge in [-0.15, -0.1) is 0 Å². The van der Waals surface area contributed by atoms with E-state index in [0.717, 1.165) is 18.4 Å². The van der Waals surface area contributed by atoms with Crippen molar-refractivity contribution in [1.82, 2.24) is 4.90 Å². The second kappa shape index (κ2) is 6.98. The van der Waals surface area contributed by atoms with E-state index < -0.39 is 32.6 Å². The fourth-order valence-electron chi connectivity index (χ4n) is 3.10. The Balaban J connectivity index is 2.42. The van der Waals surface area contributed by atoms with Gasteiger partial charge >= 0.3 is 12.3 Å². The molecule has 6 nitrogen and oxygen atoms in total. The molecule has 0 saturated carbocycles. The summed E-state index contributed by atoms with van der Waals surface area (Å²) in [6.45, 7) is 4.45. The molecule has 1 heterocycles. The van der Waals surface area contributed by atoms with Crippen LogP contribution in [0, 0.1) is 5.92 Å². The Morgan fingerprint density at radius 2 is 1.88 bits per heavy atom. The molecule has 0 spiro atoms. The molecule has 0 unspecified atom stereocenters. The topological polar surface area (TPSA) is 77.9 Å². The van der Waals surface area contributed by atoms with Gasteiger partial charge in [0.2, 0.25) is 0 Å². The van der Waals surface area contributed by atoms with Gasteiger partial charge in [0.05, 0.1) is 16.5 Å². The van der Waals surface area contributed by atoms with Gasteiger partial charge in [-0.25, -0.2) is 13.2 Å². The molecule has 0 radical (unpaired) electrons. The van der Waals surface area contributed by atoms with Crippen molar-refractivity contribution in [3.8, 4) is 0 Å². The average molecular weight is 394 g/mol. The number of alkyl halides is 3. The highest BCUT2D eigenvalue weighted by Crippen LogP contribution is 2.36. The predicted octanol–water partition coefficient (Wildman–Crippen LogP) is 2.93. The minimum Gasteiger partial charge on any atom is -0.465 e. The normalized spacial score (nSPS) is 19.1. The third-order valence-corrected chi connectivity index (χ3v) is 5.61. The third kappa shape index (κ3) is 4.22. The lowest BCUT2D eigenvalue weighted by Crippen LogP contribution is -2.57. The number of hydrogen-bond donors (Lipinski definition) is 1. The molecule has 0 aromatic heterocycles. The number of nitrogens with zero attached hydrogens (tertiary/aromatic N) is 2. The zero-order chi connectivity index (χ0) is 19.9. The van der Waals surface area contributed by atoms with Gasteiger partial charge in [0.15, 0.2) is 9.84 Å². The highest BCUT2D eigenvalue weighted by molar-refractivity contribution is 7.90. The second-order valence-corrected chi connectivity index (χ2v) is 8.67. The van der Waals surface area contributed by atoms with Crippen molar-refractivity contribution in [1.29, 1.82) is 0 Å². The number of hydrogen-bond acceptors (Lipinski definition) is 4. The van der Waals surface area contributed by atoms with Gasteiger partial charge in [0.25, 0.3) is 0 Å². The Bertz CT molecular complexity index is 793. The summed E-state index contributed by atoms with van der Waals surface area (Å²) in [4.78, 5) is 13.6. The van der Waals surface area contributed by atoms with Crippen molar-refractivity contribution in [2.24, 2.45) is 5.92 Å². The largest absolute Gasteiger partial charge is 0.465 e. The van der Waals surface area contributed by atoms with Crippen molar-refractivity contribution in [3.63, 3.8) is 0 Å². The van der Waals surface area contributed by atoms with Gasteiger partial charge in [-0.05, 0) is 24.1 Å². The fourth-order valence-corrected chi connectivity index (χ4v) is 4.02. The molecule has 1 atom stereocenters. The number of carbonyl (C=O) groups is 1. The Labute approximate surface area is 150 Å². The summed E-state index contributed by atoms with van der Waals surface area (Å²) in [6.07, 6.45) is -5.09. The minimum absolute atomic E-state index is 0.00211. The molecule has 0 bridgehead atoms. The number of carboxylic acid groups (broad SMARTS) is 1. The second-order valence-electron chi connectivity index (χ2n) is 6.68.